The van der Waals surface area contributed by atoms with Crippen LogP contribution in [-0.2, 0) is 11.3 Å². The lowest BCUT2D eigenvalue weighted by atomic mass is 9.97. The highest BCUT2D eigenvalue weighted by atomic mass is 16.2. The Morgan fingerprint density at radius 2 is 2.21 bits per heavy atom. The number of nitrogens with one attached hydrogen (secondary N) is 1. The minimum atomic E-state index is -0.0273. The number of carbonyl (C=O) groups excluding carboxylic acids is 1. The van der Waals surface area contributed by atoms with Gasteiger partial charge < -0.3 is 9.88 Å². The van der Waals surface area contributed by atoms with Gasteiger partial charge in [-0.2, -0.15) is 0 Å². The van der Waals surface area contributed by atoms with Gasteiger partial charge in [0.05, 0.1) is 12.4 Å². The predicted molar refractivity (Wildman–Crippen MR) is 72.2 cm³/mol. The maximum absolute atomic E-state index is 12.0. The molecule has 0 fully saturated rings. The maximum atomic E-state index is 12.0. The van der Waals surface area contributed by atoms with Crippen molar-refractivity contribution in [3.05, 3.63) is 48.8 Å². The van der Waals surface area contributed by atoms with Gasteiger partial charge in [0.1, 0.15) is 6.54 Å². The number of aromatic nitrogens is 3. The molecule has 0 aromatic carbocycles. The van der Waals surface area contributed by atoms with Gasteiger partial charge in [-0.25, -0.2) is 4.98 Å². The third-order valence-electron chi connectivity index (χ3n) is 2.91. The Morgan fingerprint density at radius 1 is 1.37 bits per heavy atom. The molecule has 1 N–H and O–H groups in total. The van der Waals surface area contributed by atoms with Gasteiger partial charge in [-0.3, -0.25) is 9.78 Å². The fourth-order valence-electron chi connectivity index (χ4n) is 1.96. The highest BCUT2D eigenvalue weighted by molar-refractivity contribution is 5.76. The molecule has 0 saturated heterocycles. The van der Waals surface area contributed by atoms with Crippen molar-refractivity contribution in [2.45, 2.75) is 26.4 Å². The lowest BCUT2D eigenvalue weighted by Crippen LogP contribution is -2.34. The van der Waals surface area contributed by atoms with E-state index in [-0.39, 0.29) is 18.5 Å². The summed E-state index contributed by atoms with van der Waals surface area (Å²) in [7, 11) is 0. The number of nitrogens with zero attached hydrogens (tertiary/aromatic N) is 3. The Kier molecular flexibility index (Phi) is 4.28. The minimum absolute atomic E-state index is 0.0234. The summed E-state index contributed by atoms with van der Waals surface area (Å²) in [5, 5.41) is 3.04. The second-order valence-electron chi connectivity index (χ2n) is 4.81. The molecule has 100 valence electrons. The Hall–Kier alpha value is -2.17. The van der Waals surface area contributed by atoms with Gasteiger partial charge in [-0.05, 0) is 17.5 Å². The molecule has 0 saturated carbocycles. The van der Waals surface area contributed by atoms with E-state index in [0.29, 0.717) is 5.92 Å². The number of pyridine rings is 1. The molecule has 0 aliphatic heterocycles. The van der Waals surface area contributed by atoms with Crippen LogP contribution in [0.2, 0.25) is 0 Å². The Labute approximate surface area is 112 Å². The molecule has 0 aliphatic rings. The smallest absolute Gasteiger partial charge is 0.240 e. The van der Waals surface area contributed by atoms with E-state index in [4.69, 9.17) is 0 Å². The normalized spacial score (nSPS) is 12.4. The van der Waals surface area contributed by atoms with E-state index in [0.717, 1.165) is 5.56 Å². The van der Waals surface area contributed by atoms with Crippen molar-refractivity contribution >= 4 is 5.91 Å². The molecule has 0 bridgehead atoms. The number of hydrogen-bond acceptors (Lipinski definition) is 3. The average Bonchev–Trinajstić information content (AvgIpc) is 2.89. The highest BCUT2D eigenvalue weighted by Gasteiger charge is 2.18. The zero-order valence-electron chi connectivity index (χ0n) is 11.2. The van der Waals surface area contributed by atoms with Crippen LogP contribution in [0.25, 0.3) is 0 Å². The van der Waals surface area contributed by atoms with Crippen molar-refractivity contribution in [2.75, 3.05) is 0 Å². The van der Waals surface area contributed by atoms with Crippen molar-refractivity contribution < 1.29 is 4.79 Å². The van der Waals surface area contributed by atoms with E-state index in [9.17, 15) is 4.79 Å². The van der Waals surface area contributed by atoms with Gasteiger partial charge >= 0.3 is 0 Å². The van der Waals surface area contributed by atoms with Crippen molar-refractivity contribution in [1.82, 2.24) is 19.9 Å². The van der Waals surface area contributed by atoms with Gasteiger partial charge in [0.2, 0.25) is 5.91 Å². The molecule has 2 aromatic rings. The Balaban J connectivity index is 2.03. The van der Waals surface area contributed by atoms with Crippen LogP contribution in [0.4, 0.5) is 0 Å². The largest absolute Gasteiger partial charge is 0.347 e. The second kappa shape index (κ2) is 6.13. The molecule has 0 spiro atoms. The molecule has 5 heteroatoms. The lowest BCUT2D eigenvalue weighted by Gasteiger charge is -2.22. The van der Waals surface area contributed by atoms with Crippen LogP contribution in [0.5, 0.6) is 0 Å². The molecular formula is C14H18N4O. The third kappa shape index (κ3) is 3.64. The van der Waals surface area contributed by atoms with E-state index in [2.05, 4.69) is 29.1 Å². The molecule has 1 amide bonds. The van der Waals surface area contributed by atoms with Gasteiger partial charge in [0.25, 0.3) is 0 Å². The first-order valence-electron chi connectivity index (χ1n) is 6.32. The van der Waals surface area contributed by atoms with Crippen molar-refractivity contribution in [2.24, 2.45) is 5.92 Å². The average molecular weight is 258 g/mol. The quantitative estimate of drug-likeness (QED) is 0.889. The summed E-state index contributed by atoms with van der Waals surface area (Å²) in [6, 6.07) is 3.84. The van der Waals surface area contributed by atoms with Crippen molar-refractivity contribution in [1.29, 1.82) is 0 Å². The Bertz CT molecular complexity index is 508. The molecule has 2 aromatic heterocycles. The van der Waals surface area contributed by atoms with E-state index < -0.39 is 0 Å². The molecular weight excluding hydrogens is 240 g/mol. The summed E-state index contributed by atoms with van der Waals surface area (Å²) in [6.45, 7) is 4.44. The summed E-state index contributed by atoms with van der Waals surface area (Å²) in [5.74, 6) is 0.275. The van der Waals surface area contributed by atoms with Crippen LogP contribution >= 0.6 is 0 Å². The minimum Gasteiger partial charge on any atom is -0.347 e. The van der Waals surface area contributed by atoms with E-state index in [1.165, 1.54) is 0 Å². The monoisotopic (exact) mass is 258 g/mol. The molecule has 5 nitrogen and oxygen atoms in total. The zero-order valence-corrected chi connectivity index (χ0v) is 11.2. The van der Waals surface area contributed by atoms with Crippen LogP contribution in [-0.4, -0.2) is 20.4 Å². The fourth-order valence-corrected chi connectivity index (χ4v) is 1.96. The molecule has 2 heterocycles. The zero-order chi connectivity index (χ0) is 13.7. The topological polar surface area (TPSA) is 59.8 Å². The first kappa shape index (κ1) is 13.3. The van der Waals surface area contributed by atoms with Gasteiger partial charge in [0, 0.05) is 24.8 Å². The second-order valence-corrected chi connectivity index (χ2v) is 4.81. The van der Waals surface area contributed by atoms with E-state index in [1.54, 1.807) is 35.7 Å². The first-order chi connectivity index (χ1) is 9.16. The fraction of sp³-hybridized carbons (Fsp3) is 0.357. The van der Waals surface area contributed by atoms with E-state index >= 15 is 0 Å². The van der Waals surface area contributed by atoms with Crippen molar-refractivity contribution in [3.8, 4) is 0 Å². The molecule has 0 aliphatic carbocycles. The first-order valence-corrected chi connectivity index (χ1v) is 6.32. The van der Waals surface area contributed by atoms with Gasteiger partial charge in [-0.15, -0.1) is 0 Å². The lowest BCUT2D eigenvalue weighted by molar-refractivity contribution is -0.122. The summed E-state index contributed by atoms with van der Waals surface area (Å²) in [6.07, 6.45) is 8.59. The third-order valence-corrected chi connectivity index (χ3v) is 2.91. The highest BCUT2D eigenvalue weighted by Crippen LogP contribution is 2.20. The SMILES string of the molecule is CC(C)[C@H](NC(=O)Cn1ccnc1)c1cccnc1. The molecule has 19 heavy (non-hydrogen) atoms. The molecule has 1 atom stereocenters. The predicted octanol–water partition coefficient (Wildman–Crippen LogP) is 1.79. The number of hydrogen-bond donors (Lipinski definition) is 1. The molecule has 0 radical (unpaired) electrons. The Morgan fingerprint density at radius 3 is 2.79 bits per heavy atom. The van der Waals surface area contributed by atoms with Gasteiger partial charge in [0.15, 0.2) is 0 Å². The standard InChI is InChI=1S/C14H18N4O/c1-11(2)14(12-4-3-5-15-8-12)17-13(19)9-18-7-6-16-10-18/h3-8,10-11,14H,9H2,1-2H3,(H,17,19)/t14-/m0/s1. The van der Waals surface area contributed by atoms with Crippen LogP contribution < -0.4 is 5.32 Å². The van der Waals surface area contributed by atoms with Crippen molar-refractivity contribution in [3.63, 3.8) is 0 Å². The summed E-state index contributed by atoms with van der Waals surface area (Å²) in [4.78, 5) is 20.0. The number of amides is 1. The van der Waals surface area contributed by atoms with Crippen LogP contribution in [0.15, 0.2) is 43.2 Å². The molecule has 0 unspecified atom stereocenters. The summed E-state index contributed by atoms with van der Waals surface area (Å²) < 4.78 is 1.75. The summed E-state index contributed by atoms with van der Waals surface area (Å²) in [5.41, 5.74) is 1.02. The van der Waals surface area contributed by atoms with Gasteiger partial charge in [-0.1, -0.05) is 19.9 Å². The van der Waals surface area contributed by atoms with Crippen LogP contribution in [0.1, 0.15) is 25.5 Å². The number of carbonyl (C=O) groups is 1. The van der Waals surface area contributed by atoms with Crippen LogP contribution in [0, 0.1) is 5.92 Å². The number of rotatable bonds is 5. The van der Waals surface area contributed by atoms with Crippen LogP contribution in [0.3, 0.4) is 0 Å². The summed E-state index contributed by atoms with van der Waals surface area (Å²) >= 11 is 0. The molecule has 2 rings (SSSR count). The maximum Gasteiger partial charge on any atom is 0.240 e. The number of imidazole rings is 1. The van der Waals surface area contributed by atoms with E-state index in [1.807, 2.05) is 12.1 Å².